The molecule has 4 nitrogen and oxygen atoms in total. The first-order valence-corrected chi connectivity index (χ1v) is 7.28. The Balaban J connectivity index is 2.55. The molecule has 0 spiro atoms. The lowest BCUT2D eigenvalue weighted by Crippen LogP contribution is -2.11. The van der Waals surface area contributed by atoms with Crippen LogP contribution in [-0.2, 0) is 4.79 Å². The molecule has 2 rings (SSSR count). The summed E-state index contributed by atoms with van der Waals surface area (Å²) in [5.74, 6) is -0.265. The van der Waals surface area contributed by atoms with Crippen molar-refractivity contribution >= 4 is 11.8 Å². The molecule has 4 heteroatoms. The van der Waals surface area contributed by atoms with Gasteiger partial charge in [0.15, 0.2) is 17.3 Å². The first-order valence-electron chi connectivity index (χ1n) is 7.28. The molecule has 0 amide bonds. The van der Waals surface area contributed by atoms with E-state index in [9.17, 15) is 9.59 Å². The van der Waals surface area contributed by atoms with Crippen molar-refractivity contribution in [3.8, 4) is 11.5 Å². The van der Waals surface area contributed by atoms with Crippen LogP contribution in [0.15, 0.2) is 55.1 Å². The van der Waals surface area contributed by atoms with Crippen molar-refractivity contribution in [2.45, 2.75) is 13.8 Å². The lowest BCUT2D eigenvalue weighted by atomic mass is 10.0. The molecule has 0 aliphatic heterocycles. The van der Waals surface area contributed by atoms with E-state index in [0.717, 1.165) is 6.08 Å². The molecule has 0 fully saturated rings. The van der Waals surface area contributed by atoms with Crippen LogP contribution in [0.5, 0.6) is 11.5 Å². The number of hydrogen-bond acceptors (Lipinski definition) is 4. The minimum atomic E-state index is -0.599. The summed E-state index contributed by atoms with van der Waals surface area (Å²) in [7, 11) is 0. The molecule has 0 atom stereocenters. The van der Waals surface area contributed by atoms with E-state index in [4.69, 9.17) is 9.47 Å². The SMILES string of the molecule is C=CC(=O)Oc1c(C)ccc(C(=O)c2ccccc2)c1OCC. The van der Waals surface area contributed by atoms with E-state index in [1.807, 2.05) is 6.07 Å². The van der Waals surface area contributed by atoms with E-state index < -0.39 is 5.97 Å². The molecule has 0 radical (unpaired) electrons. The van der Waals surface area contributed by atoms with Crippen LogP contribution in [0.4, 0.5) is 0 Å². The van der Waals surface area contributed by atoms with Gasteiger partial charge in [0.2, 0.25) is 0 Å². The normalized spacial score (nSPS) is 10.0. The predicted molar refractivity (Wildman–Crippen MR) is 88.1 cm³/mol. The van der Waals surface area contributed by atoms with Gasteiger partial charge < -0.3 is 9.47 Å². The summed E-state index contributed by atoms with van der Waals surface area (Å²) in [6.07, 6.45) is 1.07. The van der Waals surface area contributed by atoms with Gasteiger partial charge in [0, 0.05) is 11.6 Å². The number of aryl methyl sites for hydroxylation is 1. The van der Waals surface area contributed by atoms with Gasteiger partial charge in [0.05, 0.1) is 12.2 Å². The maximum Gasteiger partial charge on any atom is 0.335 e. The van der Waals surface area contributed by atoms with Gasteiger partial charge in [0.25, 0.3) is 0 Å². The number of carbonyl (C=O) groups is 2. The van der Waals surface area contributed by atoms with Crippen LogP contribution in [-0.4, -0.2) is 18.4 Å². The average Bonchev–Trinajstić information content (AvgIpc) is 2.58. The highest BCUT2D eigenvalue weighted by molar-refractivity contribution is 6.11. The van der Waals surface area contributed by atoms with Crippen molar-refractivity contribution in [1.82, 2.24) is 0 Å². The third-order valence-electron chi connectivity index (χ3n) is 3.25. The molecule has 2 aromatic carbocycles. The molecular formula is C19H18O4. The highest BCUT2D eigenvalue weighted by Crippen LogP contribution is 2.36. The highest BCUT2D eigenvalue weighted by Gasteiger charge is 2.21. The van der Waals surface area contributed by atoms with Gasteiger partial charge >= 0.3 is 5.97 Å². The second kappa shape index (κ2) is 7.40. The quantitative estimate of drug-likeness (QED) is 0.353. The number of benzene rings is 2. The zero-order chi connectivity index (χ0) is 16.8. The Labute approximate surface area is 135 Å². The van der Waals surface area contributed by atoms with E-state index >= 15 is 0 Å². The van der Waals surface area contributed by atoms with Gasteiger partial charge in [-0.1, -0.05) is 43.0 Å². The zero-order valence-corrected chi connectivity index (χ0v) is 13.2. The molecule has 118 valence electrons. The van der Waals surface area contributed by atoms with Crippen molar-refractivity contribution in [2.24, 2.45) is 0 Å². The van der Waals surface area contributed by atoms with Crippen molar-refractivity contribution in [2.75, 3.05) is 6.61 Å². The number of ketones is 1. The fourth-order valence-corrected chi connectivity index (χ4v) is 2.14. The average molecular weight is 310 g/mol. The van der Waals surface area contributed by atoms with E-state index in [-0.39, 0.29) is 17.3 Å². The second-order valence-corrected chi connectivity index (χ2v) is 4.84. The number of hydrogen-bond donors (Lipinski definition) is 0. The topological polar surface area (TPSA) is 52.6 Å². The maximum absolute atomic E-state index is 12.7. The Hall–Kier alpha value is -2.88. The van der Waals surface area contributed by atoms with E-state index in [2.05, 4.69) is 6.58 Å². The minimum absolute atomic E-state index is 0.190. The summed E-state index contributed by atoms with van der Waals surface area (Å²) in [5, 5.41) is 0. The monoisotopic (exact) mass is 310 g/mol. The first-order chi connectivity index (χ1) is 11.1. The number of esters is 1. The van der Waals surface area contributed by atoms with Crippen molar-refractivity contribution in [3.63, 3.8) is 0 Å². The Bertz CT molecular complexity index is 733. The largest absolute Gasteiger partial charge is 0.489 e. The summed E-state index contributed by atoms with van der Waals surface area (Å²) in [4.78, 5) is 24.3. The minimum Gasteiger partial charge on any atom is -0.489 e. The highest BCUT2D eigenvalue weighted by atomic mass is 16.6. The molecule has 0 saturated carbocycles. The molecule has 0 aliphatic rings. The van der Waals surface area contributed by atoms with Gasteiger partial charge in [-0.15, -0.1) is 0 Å². The molecule has 0 saturated heterocycles. The smallest absolute Gasteiger partial charge is 0.335 e. The van der Waals surface area contributed by atoms with Crippen LogP contribution in [0.3, 0.4) is 0 Å². The Morgan fingerprint density at radius 1 is 1.09 bits per heavy atom. The number of carbonyl (C=O) groups excluding carboxylic acids is 2. The lowest BCUT2D eigenvalue weighted by Gasteiger charge is -2.16. The summed E-state index contributed by atoms with van der Waals surface area (Å²) < 4.78 is 10.9. The van der Waals surface area contributed by atoms with Crippen LogP contribution < -0.4 is 9.47 Å². The third-order valence-corrected chi connectivity index (χ3v) is 3.25. The Kier molecular flexibility index (Phi) is 5.31. The molecular weight excluding hydrogens is 292 g/mol. The molecule has 0 bridgehead atoms. The molecule has 2 aromatic rings. The molecule has 0 heterocycles. The van der Waals surface area contributed by atoms with E-state index in [1.54, 1.807) is 50.2 Å². The first kappa shape index (κ1) is 16.5. The molecule has 0 aromatic heterocycles. The Morgan fingerprint density at radius 3 is 2.39 bits per heavy atom. The summed E-state index contributed by atoms with van der Waals surface area (Å²) in [5.41, 5.74) is 1.60. The maximum atomic E-state index is 12.7. The van der Waals surface area contributed by atoms with E-state index in [1.165, 1.54) is 0 Å². The third kappa shape index (κ3) is 3.66. The summed E-state index contributed by atoms with van der Waals surface area (Å²) in [6, 6.07) is 12.3. The second-order valence-electron chi connectivity index (χ2n) is 4.84. The van der Waals surface area contributed by atoms with Crippen molar-refractivity contribution in [3.05, 3.63) is 71.8 Å². The fourth-order valence-electron chi connectivity index (χ4n) is 2.14. The van der Waals surface area contributed by atoms with Crippen molar-refractivity contribution in [1.29, 1.82) is 0 Å². The van der Waals surface area contributed by atoms with Gasteiger partial charge in [-0.3, -0.25) is 4.79 Å². The number of ether oxygens (including phenoxy) is 2. The zero-order valence-electron chi connectivity index (χ0n) is 13.2. The lowest BCUT2D eigenvalue weighted by molar-refractivity contribution is -0.129. The van der Waals surface area contributed by atoms with Crippen LogP contribution in [0, 0.1) is 6.92 Å². The van der Waals surface area contributed by atoms with Gasteiger partial charge in [-0.05, 0) is 25.5 Å². The number of rotatable bonds is 6. The van der Waals surface area contributed by atoms with Gasteiger partial charge in [-0.2, -0.15) is 0 Å². The summed E-state index contributed by atoms with van der Waals surface area (Å²) >= 11 is 0. The standard InChI is InChI=1S/C19H18O4/c1-4-16(20)23-18-13(3)11-12-15(19(18)22-5-2)17(21)14-9-7-6-8-10-14/h4,6-12H,1,5H2,2-3H3. The molecule has 0 N–H and O–H groups in total. The van der Waals surface area contributed by atoms with Crippen LogP contribution >= 0.6 is 0 Å². The molecule has 23 heavy (non-hydrogen) atoms. The fraction of sp³-hybridized carbons (Fsp3) is 0.158. The van der Waals surface area contributed by atoms with Crippen LogP contribution in [0.25, 0.3) is 0 Å². The van der Waals surface area contributed by atoms with Gasteiger partial charge in [-0.25, -0.2) is 4.79 Å². The molecule has 0 unspecified atom stereocenters. The molecule has 0 aliphatic carbocycles. The van der Waals surface area contributed by atoms with Crippen molar-refractivity contribution < 1.29 is 19.1 Å². The van der Waals surface area contributed by atoms with Crippen LogP contribution in [0.2, 0.25) is 0 Å². The van der Waals surface area contributed by atoms with Crippen LogP contribution in [0.1, 0.15) is 28.4 Å². The van der Waals surface area contributed by atoms with E-state index in [0.29, 0.717) is 23.3 Å². The van der Waals surface area contributed by atoms with Gasteiger partial charge in [0.1, 0.15) is 0 Å². The predicted octanol–water partition coefficient (Wildman–Crippen LogP) is 3.72. The Morgan fingerprint density at radius 2 is 1.78 bits per heavy atom. The summed E-state index contributed by atoms with van der Waals surface area (Å²) in [6.45, 7) is 7.32.